The van der Waals surface area contributed by atoms with E-state index in [0.717, 1.165) is 0 Å². The molecule has 0 aliphatic carbocycles. The molecular formula is C17H17FN2O3. The van der Waals surface area contributed by atoms with Crippen molar-refractivity contribution in [1.82, 2.24) is 5.32 Å². The van der Waals surface area contributed by atoms with Gasteiger partial charge in [0.15, 0.2) is 6.61 Å². The molecule has 0 saturated carbocycles. The average molecular weight is 316 g/mol. The summed E-state index contributed by atoms with van der Waals surface area (Å²) in [7, 11) is 0. The smallest absolute Gasteiger partial charge is 0.257 e. The summed E-state index contributed by atoms with van der Waals surface area (Å²) < 4.78 is 18.4. The lowest BCUT2D eigenvalue weighted by atomic mass is 10.2. The summed E-state index contributed by atoms with van der Waals surface area (Å²) in [4.78, 5) is 23.3. The van der Waals surface area contributed by atoms with Crippen molar-refractivity contribution in [2.45, 2.75) is 6.92 Å². The molecule has 2 N–H and O–H groups in total. The molecule has 5 nitrogen and oxygen atoms in total. The molecular weight excluding hydrogens is 299 g/mol. The molecule has 0 saturated heterocycles. The van der Waals surface area contributed by atoms with E-state index in [1.54, 1.807) is 24.3 Å². The summed E-state index contributed by atoms with van der Waals surface area (Å²) in [5, 5.41) is 5.28. The fraction of sp³-hybridized carbons (Fsp3) is 0.176. The van der Waals surface area contributed by atoms with Crippen molar-refractivity contribution in [1.29, 1.82) is 0 Å². The van der Waals surface area contributed by atoms with Gasteiger partial charge in [0.2, 0.25) is 0 Å². The highest BCUT2D eigenvalue weighted by Crippen LogP contribution is 2.16. The van der Waals surface area contributed by atoms with Gasteiger partial charge in [0.25, 0.3) is 11.8 Å². The van der Waals surface area contributed by atoms with E-state index in [4.69, 9.17) is 4.74 Å². The van der Waals surface area contributed by atoms with E-state index < -0.39 is 11.7 Å². The molecule has 0 fully saturated rings. The van der Waals surface area contributed by atoms with Gasteiger partial charge < -0.3 is 15.4 Å². The summed E-state index contributed by atoms with van der Waals surface area (Å²) in [6, 6.07) is 12.0. The molecule has 2 aromatic carbocycles. The number of carbonyl (C=O) groups excluding carboxylic acids is 2. The zero-order chi connectivity index (χ0) is 16.7. The van der Waals surface area contributed by atoms with Crippen LogP contribution < -0.4 is 15.4 Å². The Hall–Kier alpha value is -2.89. The largest absolute Gasteiger partial charge is 0.484 e. The molecule has 2 amide bonds. The number of likely N-dealkylation sites (N-methyl/N-ethyl adjacent to an activating group) is 1. The number of hydrogen-bond donors (Lipinski definition) is 2. The quantitative estimate of drug-likeness (QED) is 0.861. The third-order valence-electron chi connectivity index (χ3n) is 2.94. The number of hydrogen-bond acceptors (Lipinski definition) is 3. The first-order valence-corrected chi connectivity index (χ1v) is 7.15. The third-order valence-corrected chi connectivity index (χ3v) is 2.94. The van der Waals surface area contributed by atoms with Crippen LogP contribution in [0.15, 0.2) is 48.5 Å². The predicted molar refractivity (Wildman–Crippen MR) is 85.0 cm³/mol. The highest BCUT2D eigenvalue weighted by Gasteiger charge is 2.07. The Morgan fingerprint density at radius 2 is 1.87 bits per heavy atom. The van der Waals surface area contributed by atoms with Crippen molar-refractivity contribution in [3.8, 4) is 5.75 Å². The summed E-state index contributed by atoms with van der Waals surface area (Å²) >= 11 is 0. The maximum atomic E-state index is 13.1. The number of ether oxygens (including phenoxy) is 1. The Balaban J connectivity index is 1.92. The lowest BCUT2D eigenvalue weighted by molar-refractivity contribution is -0.122. The van der Waals surface area contributed by atoms with Gasteiger partial charge in [-0.25, -0.2) is 4.39 Å². The van der Waals surface area contributed by atoms with Crippen LogP contribution in [0.4, 0.5) is 10.1 Å². The van der Waals surface area contributed by atoms with Gasteiger partial charge in [-0.15, -0.1) is 0 Å². The maximum absolute atomic E-state index is 13.1. The fourth-order valence-corrected chi connectivity index (χ4v) is 1.86. The van der Waals surface area contributed by atoms with E-state index in [1.165, 1.54) is 24.3 Å². The first-order valence-electron chi connectivity index (χ1n) is 7.15. The monoisotopic (exact) mass is 316 g/mol. The minimum atomic E-state index is -0.466. The molecule has 0 aliphatic heterocycles. The number of carbonyl (C=O) groups is 2. The Labute approximate surface area is 133 Å². The van der Waals surface area contributed by atoms with Gasteiger partial charge in [0, 0.05) is 17.8 Å². The van der Waals surface area contributed by atoms with Gasteiger partial charge in [-0.3, -0.25) is 9.59 Å². The van der Waals surface area contributed by atoms with Crippen LogP contribution in [-0.2, 0) is 4.79 Å². The van der Waals surface area contributed by atoms with E-state index in [1.807, 2.05) is 6.92 Å². The molecule has 2 rings (SSSR count). The van der Waals surface area contributed by atoms with Crippen molar-refractivity contribution in [3.05, 3.63) is 59.9 Å². The van der Waals surface area contributed by atoms with Crippen LogP contribution in [0.5, 0.6) is 5.75 Å². The van der Waals surface area contributed by atoms with Crippen LogP contribution in [0.2, 0.25) is 0 Å². The topological polar surface area (TPSA) is 67.4 Å². The maximum Gasteiger partial charge on any atom is 0.257 e. The first-order chi connectivity index (χ1) is 11.1. The van der Waals surface area contributed by atoms with Crippen molar-refractivity contribution in [3.63, 3.8) is 0 Å². The molecule has 23 heavy (non-hydrogen) atoms. The first kappa shape index (κ1) is 16.5. The highest BCUT2D eigenvalue weighted by atomic mass is 19.1. The van der Waals surface area contributed by atoms with Crippen LogP contribution in [-0.4, -0.2) is 25.0 Å². The zero-order valence-corrected chi connectivity index (χ0v) is 12.6. The minimum absolute atomic E-state index is 0.0666. The molecule has 0 aliphatic rings. The van der Waals surface area contributed by atoms with Crippen LogP contribution in [0.25, 0.3) is 0 Å². The summed E-state index contributed by atoms with van der Waals surface area (Å²) in [6.45, 7) is 2.31. The summed E-state index contributed by atoms with van der Waals surface area (Å²) in [5.41, 5.74) is 0.784. The van der Waals surface area contributed by atoms with Gasteiger partial charge >= 0.3 is 0 Å². The molecule has 6 heteroatoms. The van der Waals surface area contributed by atoms with Gasteiger partial charge in [0.05, 0.1) is 0 Å². The lowest BCUT2D eigenvalue weighted by Crippen LogP contribution is -2.28. The average Bonchev–Trinajstić information content (AvgIpc) is 2.54. The second-order valence-electron chi connectivity index (χ2n) is 4.73. The third kappa shape index (κ3) is 5.10. The normalized spacial score (nSPS) is 10.0. The fourth-order valence-electron chi connectivity index (χ4n) is 1.86. The molecule has 0 aromatic heterocycles. The number of nitrogens with one attached hydrogen (secondary N) is 2. The Morgan fingerprint density at radius 1 is 1.13 bits per heavy atom. The number of amides is 2. The van der Waals surface area contributed by atoms with Crippen molar-refractivity contribution >= 4 is 17.5 Å². The van der Waals surface area contributed by atoms with Gasteiger partial charge in [-0.05, 0) is 49.4 Å². The van der Waals surface area contributed by atoms with Crippen LogP contribution in [0.3, 0.4) is 0 Å². The van der Waals surface area contributed by atoms with Gasteiger partial charge in [0.1, 0.15) is 11.6 Å². The van der Waals surface area contributed by atoms with Gasteiger partial charge in [-0.2, -0.15) is 0 Å². The van der Waals surface area contributed by atoms with E-state index in [-0.39, 0.29) is 18.1 Å². The number of rotatable bonds is 6. The molecule has 120 valence electrons. The Morgan fingerprint density at radius 3 is 2.52 bits per heavy atom. The Kier molecular flexibility index (Phi) is 5.68. The molecule has 0 unspecified atom stereocenters. The Bertz CT molecular complexity index is 686. The SMILES string of the molecule is CCNC(=O)COc1ccc(NC(=O)c2cccc(F)c2)cc1. The zero-order valence-electron chi connectivity index (χ0n) is 12.6. The molecule has 0 bridgehead atoms. The van der Waals surface area contributed by atoms with Crippen LogP contribution >= 0.6 is 0 Å². The van der Waals surface area contributed by atoms with Crippen molar-refractivity contribution in [2.24, 2.45) is 0 Å². The molecule has 0 radical (unpaired) electrons. The second-order valence-corrected chi connectivity index (χ2v) is 4.73. The van der Waals surface area contributed by atoms with E-state index in [9.17, 15) is 14.0 Å². The summed E-state index contributed by atoms with van der Waals surface area (Å²) in [6.07, 6.45) is 0. The van der Waals surface area contributed by atoms with E-state index in [2.05, 4.69) is 10.6 Å². The van der Waals surface area contributed by atoms with Crippen LogP contribution in [0.1, 0.15) is 17.3 Å². The molecule has 0 heterocycles. The minimum Gasteiger partial charge on any atom is -0.484 e. The highest BCUT2D eigenvalue weighted by molar-refractivity contribution is 6.04. The molecule has 0 atom stereocenters. The number of anilines is 1. The van der Waals surface area contributed by atoms with E-state index >= 15 is 0 Å². The molecule has 2 aromatic rings. The number of halogens is 1. The van der Waals surface area contributed by atoms with Crippen LogP contribution in [0, 0.1) is 5.82 Å². The van der Waals surface area contributed by atoms with Crippen molar-refractivity contribution < 1.29 is 18.7 Å². The van der Waals surface area contributed by atoms with Gasteiger partial charge in [-0.1, -0.05) is 6.07 Å². The van der Waals surface area contributed by atoms with Crippen molar-refractivity contribution in [2.75, 3.05) is 18.5 Å². The lowest BCUT2D eigenvalue weighted by Gasteiger charge is -2.08. The molecule has 0 spiro atoms. The summed E-state index contributed by atoms with van der Waals surface area (Å²) in [5.74, 6) is -0.553. The second kappa shape index (κ2) is 7.93. The standard InChI is InChI=1S/C17H17FN2O3/c1-2-19-16(21)11-23-15-8-6-14(7-9-15)20-17(22)12-4-3-5-13(18)10-12/h3-10H,2,11H2,1H3,(H,19,21)(H,20,22). The predicted octanol–water partition coefficient (Wildman–Crippen LogP) is 2.59. The number of benzene rings is 2. The van der Waals surface area contributed by atoms with E-state index in [0.29, 0.717) is 18.0 Å².